The van der Waals surface area contributed by atoms with Crippen molar-refractivity contribution in [3.05, 3.63) is 58.6 Å². The zero-order valence-electron chi connectivity index (χ0n) is 15.4. The van der Waals surface area contributed by atoms with Gasteiger partial charge < -0.3 is 10.4 Å². The van der Waals surface area contributed by atoms with Gasteiger partial charge in [-0.1, -0.05) is 23.7 Å². The first-order valence-corrected chi connectivity index (χ1v) is 8.84. The Morgan fingerprint density at radius 1 is 1.03 bits per heavy atom. The number of Topliss-reactive ketones (excluding diaryl/α,β-unsaturated/α-hetero) is 1. The summed E-state index contributed by atoms with van der Waals surface area (Å²) in [5, 5.41) is 15.7. The fourth-order valence-electron chi connectivity index (χ4n) is 2.86. The highest BCUT2D eigenvalue weighted by Gasteiger charge is 2.24. The maximum absolute atomic E-state index is 12.7. The number of fused-ring (bicyclic) bond motifs is 1. The van der Waals surface area contributed by atoms with Crippen LogP contribution in [0.1, 0.15) is 34.6 Å². The molecule has 0 radical (unpaired) electrons. The maximum Gasteiger partial charge on any atom is 0.335 e. The van der Waals surface area contributed by atoms with E-state index in [0.717, 1.165) is 11.5 Å². The van der Waals surface area contributed by atoms with Gasteiger partial charge in [0.25, 0.3) is 5.91 Å². The molecule has 0 aliphatic carbocycles. The minimum Gasteiger partial charge on any atom is -0.493 e. The summed E-state index contributed by atoms with van der Waals surface area (Å²) in [6, 6.07) is 9.76. The monoisotopic (exact) mass is 413 g/mol. The van der Waals surface area contributed by atoms with Crippen molar-refractivity contribution in [2.24, 2.45) is 0 Å². The lowest BCUT2D eigenvalue weighted by Crippen LogP contribution is -2.31. The fraction of sp³-hybridized carbons (Fsp3) is 0.100. The van der Waals surface area contributed by atoms with E-state index in [1.54, 1.807) is 12.1 Å². The number of hydrogen-bond acceptors (Lipinski definition) is 5. The molecule has 9 heteroatoms. The second kappa shape index (κ2) is 7.76. The fourth-order valence-corrected chi connectivity index (χ4v) is 3.08. The van der Waals surface area contributed by atoms with Crippen molar-refractivity contribution in [3.8, 4) is 5.88 Å². The number of hydrogen-bond donors (Lipinski definition) is 3. The number of aromatic nitrogens is 1. The lowest BCUT2D eigenvalue weighted by atomic mass is 10.1. The van der Waals surface area contributed by atoms with Crippen LogP contribution in [0.25, 0.3) is 10.9 Å². The van der Waals surface area contributed by atoms with E-state index in [9.17, 15) is 24.3 Å². The number of benzene rings is 2. The van der Waals surface area contributed by atoms with Gasteiger partial charge in [0, 0.05) is 17.9 Å². The Morgan fingerprint density at radius 2 is 1.72 bits per heavy atom. The summed E-state index contributed by atoms with van der Waals surface area (Å²) in [6.07, 6.45) is 0. The average Bonchev–Trinajstić information content (AvgIpc) is 2.92. The summed E-state index contributed by atoms with van der Waals surface area (Å²) in [6.45, 7) is 2.51. The van der Waals surface area contributed by atoms with Gasteiger partial charge in [-0.2, -0.15) is 0 Å². The number of rotatable bonds is 3. The number of nitrogens with zero attached hydrogens (tertiary/aromatic N) is 1. The highest BCUT2D eigenvalue weighted by atomic mass is 35.5. The highest BCUT2D eigenvalue weighted by molar-refractivity contribution is 6.34. The van der Waals surface area contributed by atoms with Crippen molar-refractivity contribution in [2.45, 2.75) is 13.8 Å². The van der Waals surface area contributed by atoms with Gasteiger partial charge in [0.15, 0.2) is 5.78 Å². The normalized spacial score (nSPS) is 10.6. The van der Waals surface area contributed by atoms with E-state index in [2.05, 4.69) is 10.6 Å². The standard InChI is InChI=1S/C20H16ClN3O5/c1-10(25)12-7-8-16-14(9-12)17(19(28)24(16)20(29)22-11(2)26)23-18(27)13-5-3-4-6-15(13)21/h3-9,28H,1-2H3,(H,23,27)(H,22,26,29). The van der Waals surface area contributed by atoms with E-state index >= 15 is 0 Å². The van der Waals surface area contributed by atoms with Crippen molar-refractivity contribution in [1.82, 2.24) is 9.88 Å². The molecular formula is C20H16ClN3O5. The molecule has 0 saturated heterocycles. The molecule has 1 aromatic heterocycles. The smallest absolute Gasteiger partial charge is 0.335 e. The third kappa shape index (κ3) is 3.83. The Balaban J connectivity index is 2.17. The van der Waals surface area contributed by atoms with Gasteiger partial charge in [0.2, 0.25) is 11.8 Å². The maximum atomic E-state index is 12.7. The van der Waals surface area contributed by atoms with E-state index in [1.165, 1.54) is 37.3 Å². The van der Waals surface area contributed by atoms with Crippen LogP contribution in [0.4, 0.5) is 10.5 Å². The number of halogens is 1. The molecule has 0 fully saturated rings. The third-order valence-corrected chi connectivity index (χ3v) is 4.52. The first kappa shape index (κ1) is 20.1. The van der Waals surface area contributed by atoms with Gasteiger partial charge in [-0.05, 0) is 37.3 Å². The van der Waals surface area contributed by atoms with Crippen LogP contribution >= 0.6 is 11.6 Å². The molecule has 3 amide bonds. The van der Waals surface area contributed by atoms with E-state index in [1.807, 2.05) is 0 Å². The number of amides is 3. The molecule has 3 aromatic rings. The molecule has 0 bridgehead atoms. The molecule has 3 N–H and O–H groups in total. The predicted octanol–water partition coefficient (Wildman–Crippen LogP) is 3.56. The minimum atomic E-state index is -0.909. The summed E-state index contributed by atoms with van der Waals surface area (Å²) < 4.78 is 0.836. The van der Waals surface area contributed by atoms with Crippen molar-refractivity contribution in [1.29, 1.82) is 0 Å². The second-order valence-corrected chi connectivity index (χ2v) is 6.65. The summed E-state index contributed by atoms with van der Waals surface area (Å²) >= 11 is 6.05. The third-order valence-electron chi connectivity index (χ3n) is 4.19. The van der Waals surface area contributed by atoms with Gasteiger partial charge in [0.05, 0.1) is 16.1 Å². The van der Waals surface area contributed by atoms with Gasteiger partial charge in [-0.15, -0.1) is 0 Å². The number of anilines is 1. The van der Waals surface area contributed by atoms with Gasteiger partial charge in [0.1, 0.15) is 5.69 Å². The zero-order chi connectivity index (χ0) is 21.3. The summed E-state index contributed by atoms with van der Waals surface area (Å²) in [5.41, 5.74) is 0.577. The Labute approximate surface area is 170 Å². The van der Waals surface area contributed by atoms with E-state index in [4.69, 9.17) is 11.6 Å². The van der Waals surface area contributed by atoms with Gasteiger partial charge in [-0.3, -0.25) is 19.7 Å². The first-order chi connectivity index (χ1) is 13.7. The molecule has 148 valence electrons. The number of ketones is 1. The lowest BCUT2D eigenvalue weighted by molar-refractivity contribution is -0.117. The van der Waals surface area contributed by atoms with Crippen LogP contribution in [0.3, 0.4) is 0 Å². The number of aromatic hydroxyl groups is 1. The lowest BCUT2D eigenvalue weighted by Gasteiger charge is -2.07. The number of imide groups is 1. The minimum absolute atomic E-state index is 0.0910. The first-order valence-electron chi connectivity index (χ1n) is 8.47. The largest absolute Gasteiger partial charge is 0.493 e. The molecule has 0 unspecified atom stereocenters. The highest BCUT2D eigenvalue weighted by Crippen LogP contribution is 2.37. The van der Waals surface area contributed by atoms with Crippen LogP contribution in [0, 0.1) is 0 Å². The molecule has 0 aliphatic heterocycles. The molecular weight excluding hydrogens is 398 g/mol. The van der Waals surface area contributed by atoms with E-state index < -0.39 is 23.7 Å². The Kier molecular flexibility index (Phi) is 5.38. The van der Waals surface area contributed by atoms with E-state index in [0.29, 0.717) is 5.56 Å². The molecule has 29 heavy (non-hydrogen) atoms. The number of carbonyl (C=O) groups excluding carboxylic acids is 4. The molecule has 2 aromatic carbocycles. The number of nitrogens with one attached hydrogen (secondary N) is 2. The SMILES string of the molecule is CC(=O)NC(=O)n1c(O)c(NC(=O)c2ccccc2Cl)c2cc(C(C)=O)ccc21. The van der Waals surface area contributed by atoms with Crippen molar-refractivity contribution < 1.29 is 24.3 Å². The molecule has 8 nitrogen and oxygen atoms in total. The molecule has 0 saturated carbocycles. The predicted molar refractivity (Wildman–Crippen MR) is 108 cm³/mol. The molecule has 0 aliphatic rings. The summed E-state index contributed by atoms with van der Waals surface area (Å²) in [7, 11) is 0. The van der Waals surface area contributed by atoms with Crippen LogP contribution in [-0.2, 0) is 4.79 Å². The average molecular weight is 414 g/mol. The summed E-state index contributed by atoms with van der Waals surface area (Å²) in [5.74, 6) is -2.08. The molecule has 1 heterocycles. The van der Waals surface area contributed by atoms with Crippen LogP contribution in [0.15, 0.2) is 42.5 Å². The Morgan fingerprint density at radius 3 is 2.34 bits per heavy atom. The van der Waals surface area contributed by atoms with Crippen molar-refractivity contribution in [2.75, 3.05) is 5.32 Å². The van der Waals surface area contributed by atoms with Crippen LogP contribution < -0.4 is 10.6 Å². The van der Waals surface area contributed by atoms with Gasteiger partial charge >= 0.3 is 6.03 Å². The van der Waals surface area contributed by atoms with E-state index in [-0.39, 0.29) is 33.0 Å². The van der Waals surface area contributed by atoms with Crippen molar-refractivity contribution >= 4 is 51.8 Å². The zero-order valence-corrected chi connectivity index (χ0v) is 16.2. The number of carbonyl (C=O) groups is 4. The Hall–Kier alpha value is -3.65. The van der Waals surface area contributed by atoms with Crippen LogP contribution in [0.2, 0.25) is 5.02 Å². The topological polar surface area (TPSA) is 118 Å². The van der Waals surface area contributed by atoms with Gasteiger partial charge in [-0.25, -0.2) is 9.36 Å². The Bertz CT molecular complexity index is 1180. The summed E-state index contributed by atoms with van der Waals surface area (Å²) in [4.78, 5) is 48.1. The molecule has 3 rings (SSSR count). The van der Waals surface area contributed by atoms with Crippen molar-refractivity contribution in [3.63, 3.8) is 0 Å². The quantitative estimate of drug-likeness (QED) is 0.567. The van der Waals surface area contributed by atoms with Crippen LogP contribution in [-0.4, -0.2) is 33.3 Å². The molecule has 0 spiro atoms. The van der Waals surface area contributed by atoms with Crippen LogP contribution in [0.5, 0.6) is 5.88 Å². The molecule has 0 atom stereocenters. The second-order valence-electron chi connectivity index (χ2n) is 6.24.